The van der Waals surface area contributed by atoms with Crippen LogP contribution in [0, 0.1) is 0 Å². The van der Waals surface area contributed by atoms with Crippen LogP contribution in [0.4, 0.5) is 5.69 Å². The fourth-order valence-electron chi connectivity index (χ4n) is 2.88. The summed E-state index contributed by atoms with van der Waals surface area (Å²) in [5.74, 6) is 0.207. The summed E-state index contributed by atoms with van der Waals surface area (Å²) in [5.41, 5.74) is -0.553. The van der Waals surface area contributed by atoms with Gasteiger partial charge in [0.2, 0.25) is 10.0 Å². The molecular formula is C16H22N2O4S. The highest BCUT2D eigenvalue weighted by molar-refractivity contribution is 7.89. The highest BCUT2D eigenvalue weighted by Gasteiger charge is 2.36. The van der Waals surface area contributed by atoms with Gasteiger partial charge in [0, 0.05) is 13.1 Å². The second kappa shape index (κ2) is 5.79. The summed E-state index contributed by atoms with van der Waals surface area (Å²) < 4.78 is 32.8. The average Bonchev–Trinajstić information content (AvgIpc) is 2.77. The van der Waals surface area contributed by atoms with E-state index in [2.05, 4.69) is 5.32 Å². The molecule has 6 nitrogen and oxygen atoms in total. The topological polar surface area (TPSA) is 75.7 Å². The van der Waals surface area contributed by atoms with E-state index in [-0.39, 0.29) is 10.8 Å². The second-order valence-electron chi connectivity index (χ2n) is 6.54. The van der Waals surface area contributed by atoms with Crippen molar-refractivity contribution in [1.82, 2.24) is 4.31 Å². The number of nitrogens with zero attached hydrogens (tertiary/aromatic N) is 1. The Morgan fingerprint density at radius 2 is 1.78 bits per heavy atom. The molecule has 126 valence electrons. The predicted molar refractivity (Wildman–Crippen MR) is 87.0 cm³/mol. The maximum atomic E-state index is 12.8. The molecule has 2 aliphatic rings. The van der Waals surface area contributed by atoms with Crippen molar-refractivity contribution < 1.29 is 17.9 Å². The van der Waals surface area contributed by atoms with Gasteiger partial charge in [-0.25, -0.2) is 8.42 Å². The van der Waals surface area contributed by atoms with Crippen LogP contribution in [0.15, 0.2) is 23.1 Å². The Balaban J connectivity index is 1.92. The first kappa shape index (κ1) is 16.3. The maximum absolute atomic E-state index is 12.8. The Morgan fingerprint density at radius 3 is 2.43 bits per heavy atom. The number of carbonyl (C=O) groups excluding carboxylic acids is 1. The highest BCUT2D eigenvalue weighted by Crippen LogP contribution is 2.36. The molecule has 1 aromatic carbocycles. The monoisotopic (exact) mass is 338 g/mol. The Morgan fingerprint density at radius 1 is 1.13 bits per heavy atom. The lowest BCUT2D eigenvalue weighted by Gasteiger charge is -2.32. The van der Waals surface area contributed by atoms with Crippen LogP contribution >= 0.6 is 0 Å². The first-order valence-corrected chi connectivity index (χ1v) is 9.39. The fourth-order valence-corrected chi connectivity index (χ4v) is 4.43. The number of fused-ring (bicyclic) bond motifs is 1. The Bertz CT molecular complexity index is 720. The van der Waals surface area contributed by atoms with Crippen LogP contribution in [0.25, 0.3) is 0 Å². The van der Waals surface area contributed by atoms with Crippen molar-refractivity contribution in [3.05, 3.63) is 18.2 Å². The smallest absolute Gasteiger partial charge is 0.268 e. The number of anilines is 1. The zero-order valence-corrected chi connectivity index (χ0v) is 14.3. The van der Waals surface area contributed by atoms with Crippen molar-refractivity contribution in [3.63, 3.8) is 0 Å². The van der Waals surface area contributed by atoms with Crippen LogP contribution in [0.5, 0.6) is 5.75 Å². The Hall–Kier alpha value is -1.60. The van der Waals surface area contributed by atoms with Gasteiger partial charge in [-0.3, -0.25) is 4.79 Å². The van der Waals surface area contributed by atoms with E-state index in [9.17, 15) is 13.2 Å². The SMILES string of the molecule is CC1(C)Oc2ccc(S(=O)(=O)N3CCCCCC3)cc2NC1=O. The standard InChI is InChI=1S/C16H22N2O4S/c1-16(2)15(19)17-13-11-12(7-8-14(13)22-16)23(20,21)18-9-5-3-4-6-10-18/h7-8,11H,3-6,9-10H2,1-2H3,(H,17,19). The van der Waals surface area contributed by atoms with E-state index < -0.39 is 15.6 Å². The van der Waals surface area contributed by atoms with Crippen LogP contribution in [0.1, 0.15) is 39.5 Å². The van der Waals surface area contributed by atoms with E-state index in [4.69, 9.17) is 4.74 Å². The molecule has 0 spiro atoms. The summed E-state index contributed by atoms with van der Waals surface area (Å²) in [6.45, 7) is 4.45. The van der Waals surface area contributed by atoms with Gasteiger partial charge < -0.3 is 10.1 Å². The van der Waals surface area contributed by atoms with Gasteiger partial charge in [0.05, 0.1) is 10.6 Å². The number of nitrogens with one attached hydrogen (secondary N) is 1. The molecule has 0 aromatic heterocycles. The molecule has 0 radical (unpaired) electrons. The lowest BCUT2D eigenvalue weighted by atomic mass is 10.1. The molecule has 0 saturated carbocycles. The van der Waals surface area contributed by atoms with Gasteiger partial charge in [-0.1, -0.05) is 12.8 Å². The van der Waals surface area contributed by atoms with Crippen LogP contribution in [0.2, 0.25) is 0 Å². The van der Waals surface area contributed by atoms with Crippen LogP contribution < -0.4 is 10.1 Å². The van der Waals surface area contributed by atoms with E-state index in [0.717, 1.165) is 25.7 Å². The summed E-state index contributed by atoms with van der Waals surface area (Å²) in [5, 5.41) is 2.73. The summed E-state index contributed by atoms with van der Waals surface area (Å²) in [7, 11) is -3.54. The predicted octanol–water partition coefficient (Wildman–Crippen LogP) is 2.36. The normalized spacial score (nSPS) is 21.7. The first-order chi connectivity index (χ1) is 10.8. The molecule has 0 unspecified atom stereocenters. The minimum Gasteiger partial charge on any atom is -0.476 e. The van der Waals surface area contributed by atoms with E-state index in [1.54, 1.807) is 26.0 Å². The number of benzene rings is 1. The van der Waals surface area contributed by atoms with Gasteiger partial charge in [0.1, 0.15) is 5.75 Å². The van der Waals surface area contributed by atoms with Crippen LogP contribution in [-0.2, 0) is 14.8 Å². The maximum Gasteiger partial charge on any atom is 0.268 e. The van der Waals surface area contributed by atoms with Crippen molar-refractivity contribution in [3.8, 4) is 5.75 Å². The van der Waals surface area contributed by atoms with Crippen molar-refractivity contribution in [2.24, 2.45) is 0 Å². The summed E-state index contributed by atoms with van der Waals surface area (Å²) in [6, 6.07) is 4.65. The number of carbonyl (C=O) groups is 1. The number of sulfonamides is 1. The summed E-state index contributed by atoms with van der Waals surface area (Å²) in [4.78, 5) is 12.2. The second-order valence-corrected chi connectivity index (χ2v) is 8.48. The molecular weight excluding hydrogens is 316 g/mol. The van der Waals surface area contributed by atoms with E-state index in [1.165, 1.54) is 10.4 Å². The molecule has 23 heavy (non-hydrogen) atoms. The molecule has 1 N–H and O–H groups in total. The van der Waals surface area contributed by atoms with Gasteiger partial charge >= 0.3 is 0 Å². The molecule has 1 fully saturated rings. The molecule has 0 bridgehead atoms. The van der Waals surface area contributed by atoms with E-state index in [1.807, 2.05) is 0 Å². The largest absolute Gasteiger partial charge is 0.476 e. The third kappa shape index (κ3) is 3.07. The molecule has 2 heterocycles. The van der Waals surface area contributed by atoms with E-state index in [0.29, 0.717) is 24.5 Å². The number of rotatable bonds is 2. The number of amides is 1. The van der Waals surface area contributed by atoms with Gasteiger partial charge in [0.25, 0.3) is 5.91 Å². The zero-order valence-electron chi connectivity index (χ0n) is 13.5. The third-order valence-electron chi connectivity index (χ3n) is 4.31. The average molecular weight is 338 g/mol. The Labute approximate surface area is 136 Å². The number of hydrogen-bond donors (Lipinski definition) is 1. The molecule has 3 rings (SSSR count). The molecule has 0 aliphatic carbocycles. The lowest BCUT2D eigenvalue weighted by Crippen LogP contribution is -2.45. The summed E-state index contributed by atoms with van der Waals surface area (Å²) in [6.07, 6.45) is 3.90. The number of hydrogen-bond acceptors (Lipinski definition) is 4. The van der Waals surface area contributed by atoms with Gasteiger partial charge in [-0.05, 0) is 44.9 Å². The third-order valence-corrected chi connectivity index (χ3v) is 6.21. The van der Waals surface area contributed by atoms with Gasteiger partial charge in [-0.2, -0.15) is 4.31 Å². The molecule has 1 saturated heterocycles. The van der Waals surface area contributed by atoms with Crippen molar-refractivity contribution >= 4 is 21.6 Å². The van der Waals surface area contributed by atoms with Crippen LogP contribution in [0.3, 0.4) is 0 Å². The molecule has 1 aromatic rings. The lowest BCUT2D eigenvalue weighted by molar-refractivity contribution is -0.129. The van der Waals surface area contributed by atoms with Crippen molar-refractivity contribution in [2.45, 2.75) is 50.0 Å². The molecule has 1 amide bonds. The van der Waals surface area contributed by atoms with Gasteiger partial charge in [0.15, 0.2) is 5.60 Å². The molecule has 2 aliphatic heterocycles. The number of ether oxygens (including phenoxy) is 1. The van der Waals surface area contributed by atoms with Crippen molar-refractivity contribution in [2.75, 3.05) is 18.4 Å². The minimum absolute atomic E-state index is 0.196. The van der Waals surface area contributed by atoms with Crippen LogP contribution in [-0.4, -0.2) is 37.3 Å². The summed E-state index contributed by atoms with van der Waals surface area (Å²) >= 11 is 0. The molecule has 7 heteroatoms. The zero-order chi connectivity index (χ0) is 16.7. The minimum atomic E-state index is -3.54. The first-order valence-electron chi connectivity index (χ1n) is 7.95. The van der Waals surface area contributed by atoms with Gasteiger partial charge in [-0.15, -0.1) is 0 Å². The quantitative estimate of drug-likeness (QED) is 0.898. The fraction of sp³-hybridized carbons (Fsp3) is 0.562. The molecule has 0 atom stereocenters. The highest BCUT2D eigenvalue weighted by atomic mass is 32.2. The Kier molecular flexibility index (Phi) is 4.10. The van der Waals surface area contributed by atoms with Crippen molar-refractivity contribution in [1.29, 1.82) is 0 Å². The van der Waals surface area contributed by atoms with E-state index >= 15 is 0 Å².